The van der Waals surface area contributed by atoms with Crippen LogP contribution in [0.2, 0.25) is 0 Å². The van der Waals surface area contributed by atoms with Crippen LogP contribution in [0.25, 0.3) is 0 Å². The summed E-state index contributed by atoms with van der Waals surface area (Å²) in [6.07, 6.45) is 5.34. The zero-order chi connectivity index (χ0) is 8.44. The van der Waals surface area contributed by atoms with E-state index in [1.54, 1.807) is 0 Å². The van der Waals surface area contributed by atoms with Crippen LogP contribution in [0.5, 0.6) is 0 Å². The molecule has 0 bridgehead atoms. The van der Waals surface area contributed by atoms with Crippen LogP contribution in [0.1, 0.15) is 25.7 Å². The lowest BCUT2D eigenvalue weighted by Gasteiger charge is -2.43. The van der Waals surface area contributed by atoms with Crippen LogP contribution in [0.3, 0.4) is 0 Å². The average molecular weight is 164 g/mol. The Morgan fingerprint density at radius 2 is 1.92 bits per heavy atom. The molecule has 2 fully saturated rings. The van der Waals surface area contributed by atoms with Crippen LogP contribution in [0, 0.1) is 5.41 Å². The molecule has 1 spiro atoms. The molecule has 0 amide bonds. The summed E-state index contributed by atoms with van der Waals surface area (Å²) in [6.45, 7) is 4.61. The molecule has 0 unspecified atom stereocenters. The van der Waals surface area contributed by atoms with Gasteiger partial charge in [-0.25, -0.2) is 0 Å². The third-order valence-corrected chi connectivity index (χ3v) is 3.42. The van der Waals surface area contributed by atoms with Crippen LogP contribution in [0.15, 0.2) is 0 Å². The van der Waals surface area contributed by atoms with Crippen LogP contribution in [-0.2, 0) is 0 Å². The summed E-state index contributed by atoms with van der Waals surface area (Å²) < 4.78 is 0. The maximum absolute atomic E-state index is 5.74. The molecule has 12 heavy (non-hydrogen) atoms. The highest BCUT2D eigenvalue weighted by molar-refractivity contribution is 6.04. The first-order valence-corrected chi connectivity index (χ1v) is 5.01. The normalized spacial score (nSPS) is 30.7. The van der Waals surface area contributed by atoms with E-state index in [2.05, 4.69) is 5.32 Å². The summed E-state index contributed by atoms with van der Waals surface area (Å²) in [4.78, 5) is 1.96. The van der Waals surface area contributed by atoms with Gasteiger partial charge < -0.3 is 10.1 Å². The van der Waals surface area contributed by atoms with E-state index >= 15 is 0 Å². The van der Waals surface area contributed by atoms with Gasteiger partial charge >= 0.3 is 0 Å². The van der Waals surface area contributed by atoms with Crippen molar-refractivity contribution in [1.29, 1.82) is 0 Å². The van der Waals surface area contributed by atoms with Crippen molar-refractivity contribution in [3.05, 3.63) is 0 Å². The summed E-state index contributed by atoms with van der Waals surface area (Å²) in [6, 6.07) is 0. The van der Waals surface area contributed by atoms with Crippen molar-refractivity contribution in [2.75, 3.05) is 26.2 Å². The van der Waals surface area contributed by atoms with Crippen molar-refractivity contribution in [3.63, 3.8) is 0 Å². The van der Waals surface area contributed by atoms with E-state index in [-0.39, 0.29) is 0 Å². The molecule has 3 heteroatoms. The number of piperidine rings is 2. The molecule has 0 saturated carbocycles. The SMILES string of the molecule is [B]N1CCC2(CCCNC2)CC1. The zero-order valence-electron chi connectivity index (χ0n) is 7.68. The molecule has 0 atom stereocenters. The van der Waals surface area contributed by atoms with Crippen molar-refractivity contribution in [1.82, 2.24) is 10.1 Å². The van der Waals surface area contributed by atoms with Crippen molar-refractivity contribution in [3.8, 4) is 0 Å². The van der Waals surface area contributed by atoms with Crippen molar-refractivity contribution in [2.24, 2.45) is 5.41 Å². The molecule has 0 aliphatic carbocycles. The Morgan fingerprint density at radius 3 is 2.50 bits per heavy atom. The molecule has 66 valence electrons. The average Bonchev–Trinajstić information content (AvgIpc) is 2.13. The molecule has 0 aromatic carbocycles. The third-order valence-electron chi connectivity index (χ3n) is 3.42. The number of nitrogens with one attached hydrogen (secondary N) is 1. The zero-order valence-corrected chi connectivity index (χ0v) is 7.68. The van der Waals surface area contributed by atoms with Crippen molar-refractivity contribution < 1.29 is 0 Å². The molecule has 2 heterocycles. The van der Waals surface area contributed by atoms with Gasteiger partial charge in [0.25, 0.3) is 0 Å². The molecule has 1 N–H and O–H groups in total. The highest BCUT2D eigenvalue weighted by Crippen LogP contribution is 2.36. The van der Waals surface area contributed by atoms with Crippen molar-refractivity contribution >= 4 is 7.98 Å². The van der Waals surface area contributed by atoms with Gasteiger partial charge in [0.15, 0.2) is 7.98 Å². The van der Waals surface area contributed by atoms with E-state index in [9.17, 15) is 0 Å². The van der Waals surface area contributed by atoms with E-state index in [0.717, 1.165) is 13.1 Å². The lowest BCUT2D eigenvalue weighted by molar-refractivity contribution is 0.118. The molecule has 2 rings (SSSR count). The molecule has 2 nitrogen and oxygen atoms in total. The van der Waals surface area contributed by atoms with Gasteiger partial charge in [-0.05, 0) is 50.7 Å². The lowest BCUT2D eigenvalue weighted by Crippen LogP contribution is -2.47. The van der Waals surface area contributed by atoms with Gasteiger partial charge in [-0.1, -0.05) is 0 Å². The first-order valence-electron chi connectivity index (χ1n) is 5.01. The number of hydrogen-bond acceptors (Lipinski definition) is 2. The maximum Gasteiger partial charge on any atom is 0.182 e. The monoisotopic (exact) mass is 164 g/mol. The van der Waals surface area contributed by atoms with E-state index in [4.69, 9.17) is 7.98 Å². The predicted octanol–water partition coefficient (Wildman–Crippen LogP) is 0.535. The lowest BCUT2D eigenvalue weighted by atomic mass is 9.72. The van der Waals surface area contributed by atoms with Gasteiger partial charge in [-0.2, -0.15) is 0 Å². The van der Waals surface area contributed by atoms with E-state index in [1.165, 1.54) is 38.8 Å². The Morgan fingerprint density at radius 1 is 1.17 bits per heavy atom. The van der Waals surface area contributed by atoms with Crippen LogP contribution < -0.4 is 5.32 Å². The fourth-order valence-electron chi connectivity index (χ4n) is 2.46. The number of nitrogens with zero attached hydrogens (tertiary/aromatic N) is 1. The van der Waals surface area contributed by atoms with Gasteiger partial charge in [0.05, 0.1) is 0 Å². The van der Waals surface area contributed by atoms with Crippen molar-refractivity contribution in [2.45, 2.75) is 25.7 Å². The maximum atomic E-state index is 5.74. The summed E-state index contributed by atoms with van der Waals surface area (Å²) >= 11 is 0. The van der Waals surface area contributed by atoms with Crippen LogP contribution in [-0.4, -0.2) is 39.0 Å². The number of hydrogen-bond donors (Lipinski definition) is 1. The first-order chi connectivity index (χ1) is 5.81. The Bertz CT molecular complexity index is 145. The second-order valence-corrected chi connectivity index (χ2v) is 4.32. The first kappa shape index (κ1) is 8.58. The fraction of sp³-hybridized carbons (Fsp3) is 1.00. The second kappa shape index (κ2) is 3.39. The van der Waals surface area contributed by atoms with Crippen LogP contribution in [0.4, 0.5) is 0 Å². The molecule has 2 aliphatic heterocycles. The van der Waals surface area contributed by atoms with Gasteiger partial charge in [-0.15, -0.1) is 0 Å². The standard InChI is InChI=1S/C9H17BN2/c10-12-6-3-9(4-7-12)2-1-5-11-8-9/h11H,1-8H2. The molecule has 2 aliphatic rings. The highest BCUT2D eigenvalue weighted by Gasteiger charge is 2.34. The van der Waals surface area contributed by atoms with E-state index in [1.807, 2.05) is 4.81 Å². The third kappa shape index (κ3) is 1.67. The molecule has 2 saturated heterocycles. The molecule has 2 radical (unpaired) electrons. The fourth-order valence-corrected chi connectivity index (χ4v) is 2.46. The Kier molecular flexibility index (Phi) is 2.42. The van der Waals surface area contributed by atoms with Gasteiger partial charge in [0.1, 0.15) is 0 Å². The summed E-state index contributed by atoms with van der Waals surface area (Å²) in [5, 5.41) is 3.50. The quantitative estimate of drug-likeness (QED) is 0.525. The summed E-state index contributed by atoms with van der Waals surface area (Å²) in [7, 11) is 5.74. The minimum atomic E-state index is 0.605. The topological polar surface area (TPSA) is 15.3 Å². The van der Waals surface area contributed by atoms with Gasteiger partial charge in [-0.3, -0.25) is 0 Å². The molecular formula is C9H17BN2. The second-order valence-electron chi connectivity index (χ2n) is 4.32. The largest absolute Gasteiger partial charge is 0.353 e. The molecule has 0 aromatic heterocycles. The molecular weight excluding hydrogens is 147 g/mol. The Balaban J connectivity index is 1.92. The summed E-state index contributed by atoms with van der Waals surface area (Å²) in [5.74, 6) is 0. The van der Waals surface area contributed by atoms with E-state index in [0.29, 0.717) is 5.41 Å². The smallest absolute Gasteiger partial charge is 0.182 e. The van der Waals surface area contributed by atoms with Gasteiger partial charge in [0.2, 0.25) is 0 Å². The van der Waals surface area contributed by atoms with E-state index < -0.39 is 0 Å². The van der Waals surface area contributed by atoms with Crippen LogP contribution >= 0.6 is 0 Å². The minimum absolute atomic E-state index is 0.605. The Labute approximate surface area is 76.1 Å². The van der Waals surface area contributed by atoms with Gasteiger partial charge in [0, 0.05) is 6.54 Å². The number of rotatable bonds is 0. The molecule has 0 aromatic rings. The minimum Gasteiger partial charge on any atom is -0.353 e. The predicted molar refractivity (Wildman–Crippen MR) is 51.1 cm³/mol. The Hall–Kier alpha value is -0.0151. The summed E-state index contributed by atoms with van der Waals surface area (Å²) in [5.41, 5.74) is 0.605. The highest BCUT2D eigenvalue weighted by atomic mass is 15.0.